The lowest BCUT2D eigenvalue weighted by atomic mass is 9.89. The van der Waals surface area contributed by atoms with Crippen molar-refractivity contribution in [3.05, 3.63) is 76.5 Å². The number of carbonyl (C=O) groups is 1. The molecule has 1 atom stereocenters. The molecule has 2 aromatic rings. The highest BCUT2D eigenvalue weighted by Crippen LogP contribution is 2.35. The number of dihydropyridines is 1. The molecule has 0 N–H and O–H groups in total. The van der Waals surface area contributed by atoms with Gasteiger partial charge in [0.1, 0.15) is 17.6 Å². The minimum absolute atomic E-state index is 0.0109. The minimum Gasteiger partial charge on any atom is -0.452 e. The van der Waals surface area contributed by atoms with Gasteiger partial charge in [-0.3, -0.25) is 4.99 Å². The first-order valence-corrected chi connectivity index (χ1v) is 10.0. The van der Waals surface area contributed by atoms with Gasteiger partial charge >= 0.3 is 5.97 Å². The van der Waals surface area contributed by atoms with E-state index in [0.29, 0.717) is 49.3 Å². The van der Waals surface area contributed by atoms with E-state index in [1.165, 1.54) is 6.07 Å². The molecule has 1 aromatic heterocycles. The molecule has 152 valence electrons. The zero-order valence-electron chi connectivity index (χ0n) is 16.3. The van der Waals surface area contributed by atoms with Crippen LogP contribution in [0, 0.1) is 11.7 Å². The molecule has 0 bridgehead atoms. The van der Waals surface area contributed by atoms with Crippen LogP contribution in [0.15, 0.2) is 64.4 Å². The van der Waals surface area contributed by atoms with Crippen LogP contribution < -0.4 is 10.7 Å². The molecule has 3 aliphatic rings. The van der Waals surface area contributed by atoms with Crippen molar-refractivity contribution in [1.82, 2.24) is 4.98 Å². The van der Waals surface area contributed by atoms with E-state index in [2.05, 4.69) is 15.0 Å². The Morgan fingerprint density at radius 2 is 2.00 bits per heavy atom. The van der Waals surface area contributed by atoms with Gasteiger partial charge in [0.15, 0.2) is 5.49 Å². The van der Waals surface area contributed by atoms with E-state index < -0.39 is 12.1 Å². The molecule has 0 amide bonds. The molecule has 0 aliphatic carbocycles. The van der Waals surface area contributed by atoms with Crippen LogP contribution in [0.3, 0.4) is 0 Å². The third-order valence-electron chi connectivity index (χ3n) is 5.68. The van der Waals surface area contributed by atoms with Crippen molar-refractivity contribution in [2.75, 3.05) is 19.8 Å². The molecule has 0 spiro atoms. The Hall–Kier alpha value is -3.19. The number of nitrogens with zero attached hydrogens (tertiary/aromatic N) is 3. The van der Waals surface area contributed by atoms with Crippen LogP contribution in [0.1, 0.15) is 24.5 Å². The summed E-state index contributed by atoms with van der Waals surface area (Å²) in [6, 6.07) is 10.2. The van der Waals surface area contributed by atoms with Gasteiger partial charge in [-0.15, -0.1) is 0 Å². The largest absolute Gasteiger partial charge is 0.452 e. The second-order valence-corrected chi connectivity index (χ2v) is 7.49. The summed E-state index contributed by atoms with van der Waals surface area (Å²) in [7, 11) is 0. The van der Waals surface area contributed by atoms with Gasteiger partial charge in [-0.2, -0.15) is 0 Å². The zero-order valence-corrected chi connectivity index (χ0v) is 16.3. The lowest BCUT2D eigenvalue weighted by Crippen LogP contribution is -2.29. The number of pyridine rings is 1. The van der Waals surface area contributed by atoms with Crippen molar-refractivity contribution in [3.8, 4) is 0 Å². The van der Waals surface area contributed by atoms with E-state index >= 15 is 0 Å². The normalized spacial score (nSPS) is 19.2. The zero-order chi connectivity index (χ0) is 20.5. The summed E-state index contributed by atoms with van der Waals surface area (Å²) in [6.45, 7) is 1.47. The molecule has 5 rings (SSSR count). The minimum atomic E-state index is -0.687. The number of aromatic nitrogens is 1. The number of hydrogen-bond acceptors (Lipinski definition) is 6. The maximum absolute atomic E-state index is 14.5. The Labute approximate surface area is 172 Å². The van der Waals surface area contributed by atoms with Crippen molar-refractivity contribution in [1.29, 1.82) is 0 Å². The first-order valence-electron chi connectivity index (χ1n) is 10.0. The van der Waals surface area contributed by atoms with E-state index in [1.54, 1.807) is 30.5 Å². The molecule has 1 saturated heterocycles. The van der Waals surface area contributed by atoms with E-state index in [0.717, 1.165) is 10.8 Å². The van der Waals surface area contributed by atoms with Crippen LogP contribution in [0.4, 0.5) is 4.39 Å². The van der Waals surface area contributed by atoms with Crippen molar-refractivity contribution in [2.24, 2.45) is 15.9 Å². The number of aliphatic imine (C=N–C) groups is 1. The van der Waals surface area contributed by atoms with Crippen molar-refractivity contribution in [2.45, 2.75) is 18.9 Å². The topological polar surface area (TPSA) is 73.1 Å². The molecule has 0 radical (unpaired) electrons. The van der Waals surface area contributed by atoms with Crippen molar-refractivity contribution >= 4 is 17.3 Å². The number of ether oxygens (including phenoxy) is 2. The van der Waals surface area contributed by atoms with Gasteiger partial charge < -0.3 is 9.47 Å². The summed E-state index contributed by atoms with van der Waals surface area (Å²) >= 11 is 0. The molecule has 6 nitrogen and oxygen atoms in total. The third-order valence-corrected chi connectivity index (χ3v) is 5.68. The highest BCUT2D eigenvalue weighted by molar-refractivity contribution is 6.42. The maximum Gasteiger partial charge on any atom is 0.357 e. The number of benzene rings is 1. The Morgan fingerprint density at radius 3 is 2.83 bits per heavy atom. The number of rotatable bonds is 4. The second-order valence-electron chi connectivity index (χ2n) is 7.49. The first-order chi connectivity index (χ1) is 14.7. The number of fused-ring (bicyclic) bond motifs is 2. The Balaban J connectivity index is 1.42. The molecule has 4 heterocycles. The van der Waals surface area contributed by atoms with E-state index in [4.69, 9.17) is 9.47 Å². The Morgan fingerprint density at radius 1 is 1.17 bits per heavy atom. The highest BCUT2D eigenvalue weighted by Gasteiger charge is 2.32. The maximum atomic E-state index is 14.5. The lowest BCUT2D eigenvalue weighted by Gasteiger charge is -2.30. The van der Waals surface area contributed by atoms with Crippen molar-refractivity contribution < 1.29 is 18.7 Å². The monoisotopic (exact) mass is 405 g/mol. The standard InChI is InChI=1S/C23H20FN3O3/c24-18-6-2-1-4-16(18)21(14-7-10-29-11-8-14)30-23(28)20-12-19-17(13-26-20)15-5-3-9-25-22(15)27-19/h1-6,9,12,14,21H,7-8,10-11,13H2. The number of hydrogen-bond donors (Lipinski definition) is 0. The molecule has 3 aliphatic heterocycles. The van der Waals surface area contributed by atoms with Crippen LogP contribution >= 0.6 is 0 Å². The smallest absolute Gasteiger partial charge is 0.357 e. The van der Waals surface area contributed by atoms with Crippen LogP contribution in [0.2, 0.25) is 0 Å². The fraction of sp³-hybridized carbons (Fsp3) is 0.304. The molecular formula is C23H20FN3O3. The summed E-state index contributed by atoms with van der Waals surface area (Å²) < 4.78 is 25.8. The highest BCUT2D eigenvalue weighted by atomic mass is 19.1. The molecular weight excluding hydrogens is 385 g/mol. The van der Waals surface area contributed by atoms with E-state index in [1.807, 2.05) is 12.1 Å². The molecule has 1 fully saturated rings. The average Bonchev–Trinajstić information content (AvgIpc) is 3.16. The van der Waals surface area contributed by atoms with Gasteiger partial charge in [0.25, 0.3) is 0 Å². The van der Waals surface area contributed by atoms with E-state index in [-0.39, 0.29) is 17.4 Å². The van der Waals surface area contributed by atoms with Gasteiger partial charge in [-0.25, -0.2) is 19.2 Å². The summed E-state index contributed by atoms with van der Waals surface area (Å²) in [5.74, 6) is -0.961. The predicted octanol–water partition coefficient (Wildman–Crippen LogP) is 2.05. The lowest BCUT2D eigenvalue weighted by molar-refractivity contribution is -0.146. The van der Waals surface area contributed by atoms with Crippen LogP contribution in [0.25, 0.3) is 5.57 Å². The summed E-state index contributed by atoms with van der Waals surface area (Å²) in [6.07, 6.45) is 4.03. The average molecular weight is 405 g/mol. The van der Waals surface area contributed by atoms with Gasteiger partial charge in [0, 0.05) is 41.7 Å². The fourth-order valence-corrected chi connectivity index (χ4v) is 4.10. The molecule has 1 aromatic carbocycles. The SMILES string of the molecule is O=C(OC(c1ccccc1F)C1CCOCC1)C1=NCC2=c3cccnc3=NC2=C1. The van der Waals surface area contributed by atoms with Crippen LogP contribution in [-0.2, 0) is 14.3 Å². The predicted molar refractivity (Wildman–Crippen MR) is 108 cm³/mol. The van der Waals surface area contributed by atoms with Crippen LogP contribution in [0.5, 0.6) is 0 Å². The first kappa shape index (κ1) is 18.8. The van der Waals surface area contributed by atoms with Gasteiger partial charge in [0.2, 0.25) is 0 Å². The number of esters is 1. The Bertz CT molecular complexity index is 1180. The Kier molecular flexibility index (Phi) is 4.96. The second kappa shape index (κ2) is 7.91. The summed E-state index contributed by atoms with van der Waals surface area (Å²) in [5, 5.41) is 0.936. The van der Waals surface area contributed by atoms with Crippen LogP contribution in [-0.4, -0.2) is 36.4 Å². The van der Waals surface area contributed by atoms with Crippen molar-refractivity contribution in [3.63, 3.8) is 0 Å². The number of carbonyl (C=O) groups excluding carboxylic acids is 1. The third kappa shape index (κ3) is 3.45. The fourth-order valence-electron chi connectivity index (χ4n) is 4.10. The van der Waals surface area contributed by atoms with Gasteiger partial charge in [0.05, 0.1) is 12.2 Å². The molecule has 30 heavy (non-hydrogen) atoms. The molecule has 0 saturated carbocycles. The molecule has 7 heteroatoms. The quantitative estimate of drug-likeness (QED) is 0.730. The van der Waals surface area contributed by atoms with Gasteiger partial charge in [-0.05, 0) is 37.1 Å². The number of halogens is 1. The summed E-state index contributed by atoms with van der Waals surface area (Å²) in [4.78, 5) is 26.1. The van der Waals surface area contributed by atoms with Gasteiger partial charge in [-0.1, -0.05) is 18.2 Å². The summed E-state index contributed by atoms with van der Waals surface area (Å²) in [5.41, 5.74) is 2.84. The van der Waals surface area contributed by atoms with E-state index in [9.17, 15) is 9.18 Å². The molecule has 1 unspecified atom stereocenters.